The molecule has 1 fully saturated rings. The van der Waals surface area contributed by atoms with E-state index in [1.54, 1.807) is 0 Å². The number of guanidine groups is 1. The lowest BCUT2D eigenvalue weighted by molar-refractivity contribution is -0.143. The summed E-state index contributed by atoms with van der Waals surface area (Å²) in [6.07, 6.45) is 5.19. The number of rotatable bonds is 10. The second-order valence-electron chi connectivity index (χ2n) is 7.18. The molecule has 0 spiro atoms. The lowest BCUT2D eigenvalue weighted by atomic mass is 10.1. The minimum Gasteiger partial charge on any atom is -0.466 e. The van der Waals surface area contributed by atoms with E-state index in [4.69, 9.17) is 4.74 Å². The summed E-state index contributed by atoms with van der Waals surface area (Å²) >= 11 is 0. The fraction of sp³-hybridized carbons (Fsp3) is 0.636. The highest BCUT2D eigenvalue weighted by molar-refractivity contribution is 5.79. The second-order valence-corrected chi connectivity index (χ2v) is 7.18. The first-order valence-corrected chi connectivity index (χ1v) is 10.7. The number of likely N-dealkylation sites (tertiary alicyclic amines) is 1. The van der Waals surface area contributed by atoms with Gasteiger partial charge in [-0.1, -0.05) is 30.7 Å². The van der Waals surface area contributed by atoms with Gasteiger partial charge in [0, 0.05) is 26.1 Å². The summed E-state index contributed by atoms with van der Waals surface area (Å²) in [5.41, 5.74) is 2.57. The van der Waals surface area contributed by atoms with Crippen LogP contribution < -0.4 is 10.6 Å². The van der Waals surface area contributed by atoms with Gasteiger partial charge in [0.2, 0.25) is 0 Å². The molecule has 0 saturated carbocycles. The number of aliphatic imine (C=N–C) groups is 1. The highest BCUT2D eigenvalue weighted by Crippen LogP contribution is 2.14. The average Bonchev–Trinajstić information content (AvgIpc) is 2.71. The zero-order chi connectivity index (χ0) is 20.0. The maximum atomic E-state index is 11.4. The lowest BCUT2D eigenvalue weighted by Gasteiger charge is -2.26. The molecule has 1 heterocycles. The van der Waals surface area contributed by atoms with Crippen LogP contribution in [0.3, 0.4) is 0 Å². The van der Waals surface area contributed by atoms with Crippen molar-refractivity contribution in [2.75, 3.05) is 32.8 Å². The SMILES string of the molecule is CCNC(=NCc1ccc(CN2CCCCC2)cc1)NCCCC(=O)OCC. The van der Waals surface area contributed by atoms with Crippen molar-refractivity contribution in [2.24, 2.45) is 4.99 Å². The molecule has 1 aromatic carbocycles. The Labute approximate surface area is 169 Å². The number of ether oxygens (including phenoxy) is 1. The number of carbonyl (C=O) groups is 1. The van der Waals surface area contributed by atoms with Crippen molar-refractivity contribution in [1.82, 2.24) is 15.5 Å². The Hall–Kier alpha value is -2.08. The molecule has 0 amide bonds. The molecule has 156 valence electrons. The number of benzene rings is 1. The van der Waals surface area contributed by atoms with Crippen LogP contribution in [0, 0.1) is 0 Å². The standard InChI is InChI=1S/C22H36N4O2/c1-3-23-22(24-14-8-9-21(27)28-4-2)25-17-19-10-12-20(13-11-19)18-26-15-6-5-7-16-26/h10-13H,3-9,14-18H2,1-2H3,(H2,23,24,25). The summed E-state index contributed by atoms with van der Waals surface area (Å²) < 4.78 is 4.94. The number of piperidine rings is 1. The van der Waals surface area contributed by atoms with Gasteiger partial charge in [0.05, 0.1) is 13.2 Å². The Balaban J connectivity index is 1.76. The zero-order valence-electron chi connectivity index (χ0n) is 17.5. The number of carbonyl (C=O) groups excluding carboxylic acids is 1. The molecule has 0 radical (unpaired) electrons. The molecule has 0 bridgehead atoms. The van der Waals surface area contributed by atoms with Gasteiger partial charge in [0.15, 0.2) is 5.96 Å². The van der Waals surface area contributed by atoms with E-state index in [1.165, 1.54) is 43.5 Å². The average molecular weight is 389 g/mol. The summed E-state index contributed by atoms with van der Waals surface area (Å²) in [6.45, 7) is 9.94. The van der Waals surface area contributed by atoms with Gasteiger partial charge in [-0.15, -0.1) is 0 Å². The van der Waals surface area contributed by atoms with Gasteiger partial charge < -0.3 is 15.4 Å². The largest absolute Gasteiger partial charge is 0.466 e. The molecular weight excluding hydrogens is 352 g/mol. The summed E-state index contributed by atoms with van der Waals surface area (Å²) in [6, 6.07) is 8.79. The quantitative estimate of drug-likeness (QED) is 0.279. The monoisotopic (exact) mass is 388 g/mol. The smallest absolute Gasteiger partial charge is 0.305 e. The molecule has 28 heavy (non-hydrogen) atoms. The molecule has 6 heteroatoms. The number of hydrogen-bond acceptors (Lipinski definition) is 4. The highest BCUT2D eigenvalue weighted by Gasteiger charge is 2.10. The van der Waals surface area contributed by atoms with Crippen LogP contribution in [0.25, 0.3) is 0 Å². The zero-order valence-corrected chi connectivity index (χ0v) is 17.5. The minimum atomic E-state index is -0.143. The van der Waals surface area contributed by atoms with E-state index < -0.39 is 0 Å². The first-order chi connectivity index (χ1) is 13.7. The predicted molar refractivity (Wildman–Crippen MR) is 114 cm³/mol. The van der Waals surface area contributed by atoms with Crippen LogP contribution in [-0.2, 0) is 22.6 Å². The highest BCUT2D eigenvalue weighted by atomic mass is 16.5. The van der Waals surface area contributed by atoms with Crippen molar-refractivity contribution in [1.29, 1.82) is 0 Å². The first kappa shape index (κ1) is 22.2. The molecule has 0 atom stereocenters. The van der Waals surface area contributed by atoms with Crippen LogP contribution >= 0.6 is 0 Å². The molecule has 6 nitrogen and oxygen atoms in total. The van der Waals surface area contributed by atoms with E-state index in [-0.39, 0.29) is 5.97 Å². The molecule has 2 rings (SSSR count). The lowest BCUT2D eigenvalue weighted by Crippen LogP contribution is -2.37. The molecule has 1 saturated heterocycles. The number of nitrogens with zero attached hydrogens (tertiary/aromatic N) is 2. The topological polar surface area (TPSA) is 66.0 Å². The van der Waals surface area contributed by atoms with Crippen molar-refractivity contribution in [2.45, 2.75) is 59.0 Å². The van der Waals surface area contributed by atoms with Crippen molar-refractivity contribution in [3.05, 3.63) is 35.4 Å². The molecule has 2 N–H and O–H groups in total. The Kier molecular flexibility index (Phi) is 10.4. The Morgan fingerprint density at radius 1 is 1.07 bits per heavy atom. The molecule has 1 aliphatic rings. The van der Waals surface area contributed by atoms with Crippen LogP contribution in [0.15, 0.2) is 29.3 Å². The van der Waals surface area contributed by atoms with Gasteiger partial charge in [-0.05, 0) is 57.3 Å². The van der Waals surface area contributed by atoms with E-state index in [1.807, 2.05) is 13.8 Å². The molecule has 0 aromatic heterocycles. The van der Waals surface area contributed by atoms with E-state index in [9.17, 15) is 4.79 Å². The van der Waals surface area contributed by atoms with Crippen molar-refractivity contribution >= 4 is 11.9 Å². The number of hydrogen-bond donors (Lipinski definition) is 2. The van der Waals surface area contributed by atoms with Crippen LogP contribution in [0.2, 0.25) is 0 Å². The van der Waals surface area contributed by atoms with E-state index in [0.717, 1.165) is 25.5 Å². The van der Waals surface area contributed by atoms with E-state index >= 15 is 0 Å². The molecule has 1 aromatic rings. The third-order valence-electron chi connectivity index (χ3n) is 4.80. The van der Waals surface area contributed by atoms with E-state index in [0.29, 0.717) is 26.1 Å². The molecule has 0 aliphatic carbocycles. The second kappa shape index (κ2) is 13.2. The summed E-state index contributed by atoms with van der Waals surface area (Å²) in [4.78, 5) is 18.6. The predicted octanol–water partition coefficient (Wildman–Crippen LogP) is 3.07. The third-order valence-corrected chi connectivity index (χ3v) is 4.80. The van der Waals surface area contributed by atoms with Gasteiger partial charge >= 0.3 is 5.97 Å². The first-order valence-electron chi connectivity index (χ1n) is 10.7. The molecule has 0 unspecified atom stereocenters. The fourth-order valence-electron chi connectivity index (χ4n) is 3.31. The normalized spacial score (nSPS) is 15.3. The van der Waals surface area contributed by atoms with Gasteiger partial charge in [0.1, 0.15) is 0 Å². The maximum Gasteiger partial charge on any atom is 0.305 e. The van der Waals surface area contributed by atoms with Gasteiger partial charge in [-0.3, -0.25) is 9.69 Å². The Bertz CT molecular complexity index is 595. The maximum absolute atomic E-state index is 11.4. The molecule has 1 aliphatic heterocycles. The Morgan fingerprint density at radius 2 is 1.79 bits per heavy atom. The molecular formula is C22H36N4O2. The minimum absolute atomic E-state index is 0.143. The van der Waals surface area contributed by atoms with Crippen LogP contribution in [0.4, 0.5) is 0 Å². The fourth-order valence-corrected chi connectivity index (χ4v) is 3.31. The van der Waals surface area contributed by atoms with Crippen molar-refractivity contribution < 1.29 is 9.53 Å². The van der Waals surface area contributed by atoms with Gasteiger partial charge in [0.25, 0.3) is 0 Å². The van der Waals surface area contributed by atoms with Crippen molar-refractivity contribution in [3.8, 4) is 0 Å². The van der Waals surface area contributed by atoms with Crippen LogP contribution in [0.5, 0.6) is 0 Å². The van der Waals surface area contributed by atoms with Crippen LogP contribution in [-0.4, -0.2) is 49.6 Å². The number of nitrogens with one attached hydrogen (secondary N) is 2. The van der Waals surface area contributed by atoms with Crippen molar-refractivity contribution in [3.63, 3.8) is 0 Å². The summed E-state index contributed by atoms with van der Waals surface area (Å²) in [5.74, 6) is 0.639. The Morgan fingerprint density at radius 3 is 2.46 bits per heavy atom. The third kappa shape index (κ3) is 8.74. The van der Waals surface area contributed by atoms with E-state index in [2.05, 4.69) is 44.8 Å². The van der Waals surface area contributed by atoms with Gasteiger partial charge in [-0.25, -0.2) is 4.99 Å². The van der Waals surface area contributed by atoms with Gasteiger partial charge in [-0.2, -0.15) is 0 Å². The number of esters is 1. The summed E-state index contributed by atoms with van der Waals surface area (Å²) in [5, 5.41) is 6.53. The summed E-state index contributed by atoms with van der Waals surface area (Å²) in [7, 11) is 0. The van der Waals surface area contributed by atoms with Crippen LogP contribution in [0.1, 0.15) is 57.1 Å².